The first-order valence-corrected chi connectivity index (χ1v) is 7.61. The Bertz CT molecular complexity index is 375. The third-order valence-corrected chi connectivity index (χ3v) is 4.17. The second kappa shape index (κ2) is 6.34. The minimum absolute atomic E-state index is 0.208. The fourth-order valence-electron chi connectivity index (χ4n) is 2.50. The van der Waals surface area contributed by atoms with Gasteiger partial charge >= 0.3 is 0 Å². The average Bonchev–Trinajstić information content (AvgIpc) is 2.76. The molecule has 1 aliphatic heterocycles. The van der Waals surface area contributed by atoms with Crippen molar-refractivity contribution >= 4 is 17.2 Å². The van der Waals surface area contributed by atoms with Gasteiger partial charge in [0.2, 0.25) is 0 Å². The van der Waals surface area contributed by atoms with Crippen molar-refractivity contribution in [2.45, 2.75) is 32.7 Å². The molecular weight excluding hydrogens is 244 g/mol. The topological polar surface area (TPSA) is 32.3 Å². The molecule has 2 rings (SSSR count). The van der Waals surface area contributed by atoms with Crippen LogP contribution < -0.4 is 5.32 Å². The van der Waals surface area contributed by atoms with Gasteiger partial charge in [0, 0.05) is 19.1 Å². The zero-order valence-corrected chi connectivity index (χ0v) is 12.0. The highest BCUT2D eigenvalue weighted by Crippen LogP contribution is 2.19. The van der Waals surface area contributed by atoms with Crippen LogP contribution in [0.3, 0.4) is 0 Å². The smallest absolute Gasteiger partial charge is 0.264 e. The molecule has 1 atom stereocenters. The van der Waals surface area contributed by atoms with E-state index in [4.69, 9.17) is 0 Å². The first kappa shape index (κ1) is 13.6. The van der Waals surface area contributed by atoms with Crippen molar-refractivity contribution in [3.8, 4) is 0 Å². The van der Waals surface area contributed by atoms with E-state index >= 15 is 0 Å². The third kappa shape index (κ3) is 3.33. The van der Waals surface area contributed by atoms with Gasteiger partial charge in [-0.1, -0.05) is 19.9 Å². The minimum Gasteiger partial charge on any atom is -0.334 e. The highest BCUT2D eigenvalue weighted by molar-refractivity contribution is 7.12. The van der Waals surface area contributed by atoms with Crippen molar-refractivity contribution in [1.82, 2.24) is 10.2 Å². The zero-order chi connectivity index (χ0) is 13.0. The molecule has 0 radical (unpaired) electrons. The maximum absolute atomic E-state index is 12.5. The van der Waals surface area contributed by atoms with Gasteiger partial charge in [-0.25, -0.2) is 0 Å². The fourth-order valence-corrected chi connectivity index (χ4v) is 3.18. The number of carbonyl (C=O) groups excluding carboxylic acids is 1. The SMILES string of the molecule is CC(C)CC1CNCCCN1C(=O)c1cccs1. The molecule has 0 aliphatic carbocycles. The van der Waals surface area contributed by atoms with E-state index in [1.807, 2.05) is 17.5 Å². The van der Waals surface area contributed by atoms with Crippen molar-refractivity contribution < 1.29 is 4.79 Å². The Kier molecular flexibility index (Phi) is 4.78. The highest BCUT2D eigenvalue weighted by atomic mass is 32.1. The van der Waals surface area contributed by atoms with Crippen LogP contribution in [0.15, 0.2) is 17.5 Å². The van der Waals surface area contributed by atoms with Gasteiger partial charge in [-0.15, -0.1) is 11.3 Å². The number of thiophene rings is 1. The summed E-state index contributed by atoms with van der Waals surface area (Å²) in [5.41, 5.74) is 0. The molecule has 0 aromatic carbocycles. The molecule has 1 amide bonds. The molecule has 2 heterocycles. The lowest BCUT2D eigenvalue weighted by atomic mass is 10.0. The van der Waals surface area contributed by atoms with Crippen molar-refractivity contribution in [3.05, 3.63) is 22.4 Å². The predicted molar refractivity (Wildman–Crippen MR) is 76.1 cm³/mol. The molecule has 0 saturated carbocycles. The van der Waals surface area contributed by atoms with E-state index in [0.717, 1.165) is 37.4 Å². The Labute approximate surface area is 113 Å². The van der Waals surface area contributed by atoms with Crippen LogP contribution in [-0.4, -0.2) is 36.5 Å². The van der Waals surface area contributed by atoms with Gasteiger partial charge in [0.25, 0.3) is 5.91 Å². The zero-order valence-electron chi connectivity index (χ0n) is 11.2. The molecule has 1 fully saturated rings. The lowest BCUT2D eigenvalue weighted by Crippen LogP contribution is -2.44. The number of hydrogen-bond donors (Lipinski definition) is 1. The summed E-state index contributed by atoms with van der Waals surface area (Å²) >= 11 is 1.54. The monoisotopic (exact) mass is 266 g/mol. The Balaban J connectivity index is 2.12. The van der Waals surface area contributed by atoms with Crippen molar-refractivity contribution in [3.63, 3.8) is 0 Å². The van der Waals surface area contributed by atoms with Gasteiger partial charge < -0.3 is 10.2 Å². The summed E-state index contributed by atoms with van der Waals surface area (Å²) in [5, 5.41) is 5.42. The molecular formula is C14H22N2OS. The average molecular weight is 266 g/mol. The molecule has 0 bridgehead atoms. The summed E-state index contributed by atoms with van der Waals surface area (Å²) in [5.74, 6) is 0.827. The highest BCUT2D eigenvalue weighted by Gasteiger charge is 2.27. The van der Waals surface area contributed by atoms with E-state index in [9.17, 15) is 4.79 Å². The predicted octanol–water partition coefficient (Wildman–Crippen LogP) is 2.60. The number of nitrogens with zero attached hydrogens (tertiary/aromatic N) is 1. The van der Waals surface area contributed by atoms with Gasteiger partial charge in [0.05, 0.1) is 4.88 Å². The van der Waals surface area contributed by atoms with Crippen molar-refractivity contribution in [2.24, 2.45) is 5.92 Å². The van der Waals surface area contributed by atoms with Crippen LogP contribution in [0.25, 0.3) is 0 Å². The minimum atomic E-state index is 0.208. The molecule has 1 N–H and O–H groups in total. The summed E-state index contributed by atoms with van der Waals surface area (Å²) in [6.45, 7) is 7.26. The fraction of sp³-hybridized carbons (Fsp3) is 0.643. The molecule has 4 heteroatoms. The lowest BCUT2D eigenvalue weighted by molar-refractivity contribution is 0.0678. The van der Waals surface area contributed by atoms with E-state index in [-0.39, 0.29) is 5.91 Å². The molecule has 1 saturated heterocycles. The molecule has 0 spiro atoms. The van der Waals surface area contributed by atoms with Crippen molar-refractivity contribution in [2.75, 3.05) is 19.6 Å². The Morgan fingerprint density at radius 3 is 3.11 bits per heavy atom. The van der Waals surface area contributed by atoms with Crippen LogP contribution in [0.2, 0.25) is 0 Å². The molecule has 1 aliphatic rings. The van der Waals surface area contributed by atoms with Crippen LogP contribution in [0.5, 0.6) is 0 Å². The third-order valence-electron chi connectivity index (χ3n) is 3.31. The van der Waals surface area contributed by atoms with Crippen molar-refractivity contribution in [1.29, 1.82) is 0 Å². The molecule has 18 heavy (non-hydrogen) atoms. The normalized spacial score (nSPS) is 21.1. The van der Waals surface area contributed by atoms with Gasteiger partial charge in [-0.2, -0.15) is 0 Å². The number of amides is 1. The summed E-state index contributed by atoms with van der Waals surface area (Å²) in [6, 6.07) is 4.21. The Morgan fingerprint density at radius 1 is 1.61 bits per heavy atom. The van der Waals surface area contributed by atoms with E-state index < -0.39 is 0 Å². The summed E-state index contributed by atoms with van der Waals surface area (Å²) in [6.07, 6.45) is 2.12. The number of carbonyl (C=O) groups is 1. The summed E-state index contributed by atoms with van der Waals surface area (Å²) < 4.78 is 0. The van der Waals surface area contributed by atoms with E-state index in [1.165, 1.54) is 0 Å². The largest absolute Gasteiger partial charge is 0.334 e. The van der Waals surface area contributed by atoms with Gasteiger partial charge in [0.1, 0.15) is 0 Å². The second-order valence-electron chi connectivity index (χ2n) is 5.32. The maximum atomic E-state index is 12.5. The van der Waals surface area contributed by atoms with Crippen LogP contribution in [0, 0.1) is 5.92 Å². The summed E-state index contributed by atoms with van der Waals surface area (Å²) in [4.78, 5) is 15.5. The van der Waals surface area contributed by atoms with E-state index in [1.54, 1.807) is 11.3 Å². The first-order valence-electron chi connectivity index (χ1n) is 6.73. The Morgan fingerprint density at radius 2 is 2.44 bits per heavy atom. The van der Waals surface area contributed by atoms with Gasteiger partial charge in [-0.05, 0) is 36.8 Å². The lowest BCUT2D eigenvalue weighted by Gasteiger charge is -2.30. The van der Waals surface area contributed by atoms with Gasteiger partial charge in [0.15, 0.2) is 0 Å². The molecule has 1 unspecified atom stereocenters. The van der Waals surface area contributed by atoms with Crippen LogP contribution >= 0.6 is 11.3 Å². The van der Waals surface area contributed by atoms with Crippen LogP contribution in [0.1, 0.15) is 36.4 Å². The second-order valence-corrected chi connectivity index (χ2v) is 6.26. The van der Waals surface area contributed by atoms with E-state index in [2.05, 4.69) is 24.1 Å². The van der Waals surface area contributed by atoms with Crippen LogP contribution in [0.4, 0.5) is 0 Å². The first-order chi connectivity index (χ1) is 8.68. The number of nitrogens with one attached hydrogen (secondary N) is 1. The number of hydrogen-bond acceptors (Lipinski definition) is 3. The Hall–Kier alpha value is -0.870. The van der Waals surface area contributed by atoms with Crippen LogP contribution in [-0.2, 0) is 0 Å². The standard InChI is InChI=1S/C14H22N2OS/c1-11(2)9-12-10-15-6-4-7-16(12)14(17)13-5-3-8-18-13/h3,5,8,11-12,15H,4,6-7,9-10H2,1-2H3. The quantitative estimate of drug-likeness (QED) is 0.912. The summed E-state index contributed by atoms with van der Waals surface area (Å²) in [7, 11) is 0. The maximum Gasteiger partial charge on any atom is 0.264 e. The van der Waals surface area contributed by atoms with E-state index in [0.29, 0.717) is 12.0 Å². The molecule has 1 aromatic rings. The molecule has 1 aromatic heterocycles. The van der Waals surface area contributed by atoms with Gasteiger partial charge in [-0.3, -0.25) is 4.79 Å². The number of rotatable bonds is 3. The molecule has 3 nitrogen and oxygen atoms in total. The molecule has 100 valence electrons.